The number of ether oxygens (including phenoxy) is 1. The Balaban J connectivity index is 1.86. The van der Waals surface area contributed by atoms with Crippen LogP contribution in [0.2, 0.25) is 0 Å². The van der Waals surface area contributed by atoms with Crippen LogP contribution in [0.25, 0.3) is 10.9 Å². The zero-order valence-electron chi connectivity index (χ0n) is 11.0. The number of pyridine rings is 1. The van der Waals surface area contributed by atoms with E-state index in [1.165, 1.54) is 12.1 Å². The topological polar surface area (TPSA) is 48.1 Å². The molecule has 2 aromatic carbocycles. The Morgan fingerprint density at radius 2 is 1.95 bits per heavy atom. The molecule has 0 radical (unpaired) electrons. The summed E-state index contributed by atoms with van der Waals surface area (Å²) in [5, 5.41) is 1.00. The maximum atomic E-state index is 13.0. The number of nitrogens with two attached hydrogens (primary N) is 1. The van der Waals surface area contributed by atoms with Crippen molar-refractivity contribution in [2.75, 3.05) is 5.73 Å². The molecule has 0 aliphatic heterocycles. The summed E-state index contributed by atoms with van der Waals surface area (Å²) in [5.74, 6) is 0.678. The van der Waals surface area contributed by atoms with Crippen LogP contribution < -0.4 is 10.5 Å². The van der Waals surface area contributed by atoms with Crippen LogP contribution >= 0.6 is 15.9 Å². The zero-order chi connectivity index (χ0) is 14.8. The number of nitrogens with zero attached hydrogens (tertiary/aromatic N) is 1. The van der Waals surface area contributed by atoms with Crippen LogP contribution in [0.15, 0.2) is 53.0 Å². The minimum Gasteiger partial charge on any atom is -0.488 e. The van der Waals surface area contributed by atoms with Gasteiger partial charge < -0.3 is 10.5 Å². The third-order valence-electron chi connectivity index (χ3n) is 3.11. The number of nitrogen functional groups attached to an aromatic ring is 1. The standard InChI is InChI=1S/C16H12BrFN2O/c17-13-8-12(18)5-6-15(13)21-9-11-7-10-3-1-2-4-14(10)20-16(11)19/h1-8H,9H2,(H2,19,20). The number of rotatable bonds is 3. The number of halogens is 2. The van der Waals surface area contributed by atoms with Gasteiger partial charge in [0.2, 0.25) is 0 Å². The number of para-hydroxylation sites is 1. The second-order valence-corrected chi connectivity index (χ2v) is 5.44. The zero-order valence-corrected chi connectivity index (χ0v) is 12.6. The van der Waals surface area contributed by atoms with E-state index in [4.69, 9.17) is 10.5 Å². The molecular formula is C16H12BrFN2O. The van der Waals surface area contributed by atoms with Gasteiger partial charge in [0.25, 0.3) is 0 Å². The molecule has 3 aromatic rings. The van der Waals surface area contributed by atoms with Gasteiger partial charge in [0.05, 0.1) is 9.99 Å². The first-order chi connectivity index (χ1) is 10.1. The highest BCUT2D eigenvalue weighted by molar-refractivity contribution is 9.10. The molecule has 0 bridgehead atoms. The SMILES string of the molecule is Nc1nc2ccccc2cc1COc1ccc(F)cc1Br. The Morgan fingerprint density at radius 1 is 1.14 bits per heavy atom. The predicted molar refractivity (Wildman–Crippen MR) is 84.6 cm³/mol. The summed E-state index contributed by atoms with van der Waals surface area (Å²) in [4.78, 5) is 4.35. The minimum atomic E-state index is -0.318. The van der Waals surface area contributed by atoms with Crippen LogP contribution in [0.3, 0.4) is 0 Å². The maximum Gasteiger partial charge on any atom is 0.134 e. The first-order valence-corrected chi connectivity index (χ1v) is 7.15. The van der Waals surface area contributed by atoms with Gasteiger partial charge in [0, 0.05) is 10.9 Å². The molecule has 0 aliphatic rings. The van der Waals surface area contributed by atoms with Crippen LogP contribution in [0, 0.1) is 5.82 Å². The smallest absolute Gasteiger partial charge is 0.134 e. The van der Waals surface area contributed by atoms with Crippen LogP contribution in [-0.4, -0.2) is 4.98 Å². The lowest BCUT2D eigenvalue weighted by Gasteiger charge is -2.10. The average molecular weight is 347 g/mol. The molecule has 0 spiro atoms. The van der Waals surface area contributed by atoms with Gasteiger partial charge in [-0.05, 0) is 46.3 Å². The normalized spacial score (nSPS) is 10.8. The maximum absolute atomic E-state index is 13.0. The number of hydrogen-bond acceptors (Lipinski definition) is 3. The van der Waals surface area contributed by atoms with Gasteiger partial charge in [0.1, 0.15) is 24.0 Å². The van der Waals surface area contributed by atoms with Gasteiger partial charge >= 0.3 is 0 Å². The molecule has 1 heterocycles. The van der Waals surface area contributed by atoms with E-state index in [0.717, 1.165) is 16.5 Å². The number of hydrogen-bond donors (Lipinski definition) is 1. The van der Waals surface area contributed by atoms with Gasteiger partial charge in [-0.25, -0.2) is 9.37 Å². The van der Waals surface area contributed by atoms with Crippen molar-refractivity contribution in [2.45, 2.75) is 6.61 Å². The highest BCUT2D eigenvalue weighted by atomic mass is 79.9. The van der Waals surface area contributed by atoms with E-state index < -0.39 is 0 Å². The van der Waals surface area contributed by atoms with Gasteiger partial charge in [-0.3, -0.25) is 0 Å². The van der Waals surface area contributed by atoms with Crippen molar-refractivity contribution in [3.8, 4) is 5.75 Å². The van der Waals surface area contributed by atoms with Gasteiger partial charge in [-0.1, -0.05) is 18.2 Å². The quantitative estimate of drug-likeness (QED) is 0.769. The van der Waals surface area contributed by atoms with Crippen molar-refractivity contribution in [3.63, 3.8) is 0 Å². The summed E-state index contributed by atoms with van der Waals surface area (Å²) in [5.41, 5.74) is 7.60. The molecule has 3 nitrogen and oxygen atoms in total. The molecule has 0 amide bonds. The first kappa shape index (κ1) is 13.8. The fourth-order valence-corrected chi connectivity index (χ4v) is 2.50. The molecule has 0 atom stereocenters. The van der Waals surface area contributed by atoms with E-state index in [0.29, 0.717) is 16.0 Å². The molecule has 0 unspecified atom stereocenters. The number of fused-ring (bicyclic) bond motifs is 1. The Morgan fingerprint density at radius 3 is 2.76 bits per heavy atom. The van der Waals surface area contributed by atoms with E-state index in [1.54, 1.807) is 6.07 Å². The van der Waals surface area contributed by atoms with Crippen LogP contribution in [0.1, 0.15) is 5.56 Å². The summed E-state index contributed by atoms with van der Waals surface area (Å²) in [6.07, 6.45) is 0. The Bertz CT molecular complexity index is 807. The Labute approximate surface area is 129 Å². The molecule has 106 valence electrons. The Kier molecular flexibility index (Phi) is 3.75. The van der Waals surface area contributed by atoms with Crippen molar-refractivity contribution in [2.24, 2.45) is 0 Å². The summed E-state index contributed by atoms with van der Waals surface area (Å²) in [7, 11) is 0. The van der Waals surface area contributed by atoms with Gasteiger partial charge in [0.15, 0.2) is 0 Å². The summed E-state index contributed by atoms with van der Waals surface area (Å²) in [6, 6.07) is 14.0. The lowest BCUT2D eigenvalue weighted by atomic mass is 10.1. The van der Waals surface area contributed by atoms with Crippen molar-refractivity contribution < 1.29 is 9.13 Å². The predicted octanol–water partition coefficient (Wildman–Crippen LogP) is 4.30. The third kappa shape index (κ3) is 2.97. The van der Waals surface area contributed by atoms with Crippen molar-refractivity contribution in [1.29, 1.82) is 0 Å². The lowest BCUT2D eigenvalue weighted by molar-refractivity contribution is 0.304. The molecule has 21 heavy (non-hydrogen) atoms. The molecule has 3 rings (SSSR count). The second kappa shape index (κ2) is 5.69. The van der Waals surface area contributed by atoms with Gasteiger partial charge in [-0.2, -0.15) is 0 Å². The molecule has 0 aliphatic carbocycles. The fourth-order valence-electron chi connectivity index (χ4n) is 2.04. The molecule has 0 saturated heterocycles. The molecule has 0 fully saturated rings. The summed E-state index contributed by atoms with van der Waals surface area (Å²) in [6.45, 7) is 0.272. The largest absolute Gasteiger partial charge is 0.488 e. The van der Waals surface area contributed by atoms with E-state index in [9.17, 15) is 4.39 Å². The second-order valence-electron chi connectivity index (χ2n) is 4.59. The van der Waals surface area contributed by atoms with Crippen molar-refractivity contribution in [3.05, 3.63) is 64.4 Å². The van der Waals surface area contributed by atoms with Crippen molar-refractivity contribution >= 4 is 32.7 Å². The molecule has 2 N–H and O–H groups in total. The Hall–Kier alpha value is -2.14. The summed E-state index contributed by atoms with van der Waals surface area (Å²) < 4.78 is 19.3. The lowest BCUT2D eigenvalue weighted by Crippen LogP contribution is -2.03. The number of anilines is 1. The highest BCUT2D eigenvalue weighted by Crippen LogP contribution is 2.27. The molecular weight excluding hydrogens is 335 g/mol. The molecule has 1 aromatic heterocycles. The minimum absolute atomic E-state index is 0.272. The molecule has 5 heteroatoms. The monoisotopic (exact) mass is 346 g/mol. The first-order valence-electron chi connectivity index (χ1n) is 6.35. The molecule has 0 saturated carbocycles. The van der Waals surface area contributed by atoms with E-state index in [1.807, 2.05) is 30.3 Å². The average Bonchev–Trinajstić information content (AvgIpc) is 2.46. The van der Waals surface area contributed by atoms with Crippen LogP contribution in [-0.2, 0) is 6.61 Å². The van der Waals surface area contributed by atoms with Crippen molar-refractivity contribution in [1.82, 2.24) is 4.98 Å². The van der Waals surface area contributed by atoms with Gasteiger partial charge in [-0.15, -0.1) is 0 Å². The van der Waals surface area contributed by atoms with Crippen LogP contribution in [0.4, 0.5) is 10.2 Å². The van der Waals surface area contributed by atoms with E-state index >= 15 is 0 Å². The van der Waals surface area contributed by atoms with Crippen LogP contribution in [0.5, 0.6) is 5.75 Å². The van der Waals surface area contributed by atoms with E-state index in [2.05, 4.69) is 20.9 Å². The van der Waals surface area contributed by atoms with E-state index in [-0.39, 0.29) is 12.4 Å². The fraction of sp³-hybridized carbons (Fsp3) is 0.0625. The highest BCUT2D eigenvalue weighted by Gasteiger charge is 2.07. The summed E-state index contributed by atoms with van der Waals surface area (Å²) >= 11 is 3.27. The third-order valence-corrected chi connectivity index (χ3v) is 3.73. The number of benzene rings is 2. The number of aromatic nitrogens is 1.